The number of carbonyl (C=O) groups excluding carboxylic acids is 1. The Balaban J connectivity index is 1.74. The van der Waals surface area contributed by atoms with Gasteiger partial charge in [0.15, 0.2) is 11.6 Å². The Morgan fingerprint density at radius 1 is 1.20 bits per heavy atom. The first-order valence-corrected chi connectivity index (χ1v) is 12.3. The summed E-state index contributed by atoms with van der Waals surface area (Å²) in [5, 5.41) is 19.9. The Labute approximate surface area is 210 Å². The van der Waals surface area contributed by atoms with Crippen LogP contribution in [-0.4, -0.2) is 50.2 Å². The number of aromatic nitrogens is 1. The minimum Gasteiger partial charge on any atom is -0.478 e. The quantitative estimate of drug-likeness (QED) is 0.456. The van der Waals surface area contributed by atoms with E-state index in [1.165, 1.54) is 28.8 Å². The molecule has 1 amide bonds. The number of carbonyl (C=O) groups is 2. The molecule has 1 aromatic heterocycles. The zero-order valence-corrected chi connectivity index (χ0v) is 21.0. The number of rotatable bonds is 6. The highest BCUT2D eigenvalue weighted by atomic mass is 35.5. The topological polar surface area (TPSA) is 82.8 Å². The van der Waals surface area contributed by atoms with Gasteiger partial charge in [0, 0.05) is 39.9 Å². The van der Waals surface area contributed by atoms with Crippen molar-refractivity contribution >= 4 is 46.1 Å². The number of hydrogen-bond acceptors (Lipinski definition) is 4. The van der Waals surface area contributed by atoms with Crippen LogP contribution in [0.2, 0.25) is 5.02 Å². The Morgan fingerprint density at radius 2 is 1.91 bits per heavy atom. The molecule has 0 spiro atoms. The second kappa shape index (κ2) is 9.44. The van der Waals surface area contributed by atoms with Crippen molar-refractivity contribution in [2.45, 2.75) is 49.1 Å². The van der Waals surface area contributed by atoms with E-state index >= 15 is 4.39 Å². The number of amides is 1. The molecule has 2 heterocycles. The predicted molar refractivity (Wildman–Crippen MR) is 130 cm³/mol. The highest BCUT2D eigenvalue weighted by molar-refractivity contribution is 7.99. The summed E-state index contributed by atoms with van der Waals surface area (Å²) in [5.41, 5.74) is -0.726. The van der Waals surface area contributed by atoms with Gasteiger partial charge in [-0.05, 0) is 51.5 Å². The van der Waals surface area contributed by atoms with Crippen molar-refractivity contribution in [1.82, 2.24) is 9.47 Å². The summed E-state index contributed by atoms with van der Waals surface area (Å²) < 4.78 is 31.6. The van der Waals surface area contributed by atoms with Gasteiger partial charge in [-0.1, -0.05) is 29.4 Å². The van der Waals surface area contributed by atoms with Gasteiger partial charge < -0.3 is 19.7 Å². The molecule has 1 fully saturated rings. The van der Waals surface area contributed by atoms with Crippen molar-refractivity contribution in [3.63, 3.8) is 0 Å². The van der Waals surface area contributed by atoms with Crippen LogP contribution >= 0.6 is 23.4 Å². The number of hydrogen-bond donors (Lipinski definition) is 2. The molecule has 1 unspecified atom stereocenters. The number of halogens is 3. The first-order chi connectivity index (χ1) is 16.4. The zero-order chi connectivity index (χ0) is 25.7. The second-order valence-corrected chi connectivity index (χ2v) is 10.7. The molecular weight excluding hydrogens is 498 g/mol. The Kier molecular flexibility index (Phi) is 6.87. The lowest BCUT2D eigenvalue weighted by molar-refractivity contribution is -0.131. The first-order valence-electron chi connectivity index (χ1n) is 11.1. The summed E-state index contributed by atoms with van der Waals surface area (Å²) >= 11 is 7.03. The smallest absolute Gasteiger partial charge is 0.338 e. The van der Waals surface area contributed by atoms with Gasteiger partial charge in [0.2, 0.25) is 5.91 Å². The normalized spacial score (nSPS) is 16.3. The lowest BCUT2D eigenvalue weighted by Gasteiger charge is -2.25. The van der Waals surface area contributed by atoms with Crippen molar-refractivity contribution in [2.24, 2.45) is 5.92 Å². The van der Waals surface area contributed by atoms with E-state index in [2.05, 4.69) is 0 Å². The van der Waals surface area contributed by atoms with Crippen molar-refractivity contribution in [1.29, 1.82) is 0 Å². The fourth-order valence-corrected chi connectivity index (χ4v) is 5.71. The third kappa shape index (κ3) is 4.77. The average molecular weight is 523 g/mol. The van der Waals surface area contributed by atoms with Gasteiger partial charge in [0.1, 0.15) is 6.54 Å². The minimum absolute atomic E-state index is 0.0595. The maximum Gasteiger partial charge on any atom is 0.338 e. The van der Waals surface area contributed by atoms with Crippen molar-refractivity contribution in [3.8, 4) is 0 Å². The fourth-order valence-electron chi connectivity index (χ4n) is 4.46. The number of benzene rings is 2. The summed E-state index contributed by atoms with van der Waals surface area (Å²) in [6.45, 7) is 5.87. The van der Waals surface area contributed by atoms with Gasteiger partial charge in [-0.15, -0.1) is 0 Å². The third-order valence-electron chi connectivity index (χ3n) is 6.56. The van der Waals surface area contributed by atoms with Crippen LogP contribution in [0.25, 0.3) is 10.9 Å². The summed E-state index contributed by atoms with van der Waals surface area (Å²) in [6, 6.07) is 7.07. The van der Waals surface area contributed by atoms with Crippen LogP contribution < -0.4 is 0 Å². The van der Waals surface area contributed by atoms with Gasteiger partial charge in [-0.2, -0.15) is 0 Å². The lowest BCUT2D eigenvalue weighted by Crippen LogP contribution is -2.36. The summed E-state index contributed by atoms with van der Waals surface area (Å²) in [7, 11) is 0. The first kappa shape index (κ1) is 25.5. The number of aliphatic hydroxyl groups is 1. The summed E-state index contributed by atoms with van der Waals surface area (Å²) in [4.78, 5) is 26.7. The molecule has 186 valence electrons. The van der Waals surface area contributed by atoms with Gasteiger partial charge in [-0.3, -0.25) is 4.79 Å². The number of carboxylic acids is 1. The fraction of sp³-hybridized carbons (Fsp3) is 0.360. The number of fused-ring (bicyclic) bond motifs is 1. The SMILES string of the molecule is Cc1c(Sc2cccc(C(=O)O)c2F)c2ccc(Cl)c(F)c2n1CC(=O)N1CCC(C(C)(C)O)C1. The molecule has 1 aliphatic rings. The van der Waals surface area contributed by atoms with E-state index in [1.807, 2.05) is 0 Å². The molecule has 2 N–H and O–H groups in total. The summed E-state index contributed by atoms with van der Waals surface area (Å²) in [5.74, 6) is -3.25. The largest absolute Gasteiger partial charge is 0.478 e. The lowest BCUT2D eigenvalue weighted by atomic mass is 9.90. The maximum atomic E-state index is 15.2. The van der Waals surface area contributed by atoms with Crippen LogP contribution in [-0.2, 0) is 11.3 Å². The van der Waals surface area contributed by atoms with E-state index in [4.69, 9.17) is 11.6 Å². The average Bonchev–Trinajstić information content (AvgIpc) is 3.38. The Hall–Kier alpha value is -2.62. The minimum atomic E-state index is -1.39. The van der Waals surface area contributed by atoms with E-state index in [9.17, 15) is 24.2 Å². The van der Waals surface area contributed by atoms with Crippen LogP contribution in [0.3, 0.4) is 0 Å². The number of likely N-dealkylation sites (tertiary alicyclic amines) is 1. The van der Waals surface area contributed by atoms with Gasteiger partial charge in [-0.25, -0.2) is 13.6 Å². The third-order valence-corrected chi connectivity index (χ3v) is 8.10. The zero-order valence-electron chi connectivity index (χ0n) is 19.4. The molecule has 0 aliphatic carbocycles. The van der Waals surface area contributed by atoms with Gasteiger partial charge in [0.25, 0.3) is 0 Å². The molecule has 10 heteroatoms. The molecule has 4 rings (SSSR count). The molecule has 1 aliphatic heterocycles. The summed E-state index contributed by atoms with van der Waals surface area (Å²) in [6.07, 6.45) is 0.668. The van der Waals surface area contributed by atoms with Crippen LogP contribution in [0.1, 0.15) is 36.3 Å². The number of nitrogens with zero attached hydrogens (tertiary/aromatic N) is 2. The molecule has 0 bridgehead atoms. The van der Waals surface area contributed by atoms with E-state index in [0.717, 1.165) is 11.8 Å². The van der Waals surface area contributed by atoms with Gasteiger partial charge in [0.05, 0.1) is 21.7 Å². The van der Waals surface area contributed by atoms with Crippen LogP contribution in [0.4, 0.5) is 8.78 Å². The van der Waals surface area contributed by atoms with Crippen LogP contribution in [0, 0.1) is 24.5 Å². The number of aromatic carboxylic acids is 1. The molecule has 1 atom stereocenters. The van der Waals surface area contributed by atoms with E-state index in [0.29, 0.717) is 35.5 Å². The maximum absolute atomic E-state index is 15.2. The molecule has 3 aromatic rings. The molecule has 0 radical (unpaired) electrons. The molecular formula is C25H25ClF2N2O4S. The Bertz CT molecular complexity index is 1340. The molecule has 6 nitrogen and oxygen atoms in total. The van der Waals surface area contributed by atoms with Crippen LogP contribution in [0.15, 0.2) is 40.1 Å². The van der Waals surface area contributed by atoms with E-state index in [-0.39, 0.29) is 33.8 Å². The highest BCUT2D eigenvalue weighted by Gasteiger charge is 2.35. The number of carboxylic acid groups (broad SMARTS) is 1. The van der Waals surface area contributed by atoms with E-state index in [1.54, 1.807) is 31.7 Å². The second-order valence-electron chi connectivity index (χ2n) is 9.26. The Morgan fingerprint density at radius 3 is 2.54 bits per heavy atom. The highest BCUT2D eigenvalue weighted by Crippen LogP contribution is 2.42. The molecule has 0 saturated carbocycles. The molecule has 1 saturated heterocycles. The standard InChI is InChI=1S/C25H25ClF2N2O4S/c1-13-23(35-18-6-4-5-15(20(18)27)24(32)33)16-7-8-17(26)21(28)22(16)30(13)12-19(31)29-10-9-14(11-29)25(2,3)34/h4-8,14,34H,9-12H2,1-3H3,(H,32,33). The van der Waals surface area contributed by atoms with Gasteiger partial charge >= 0.3 is 5.97 Å². The molecule has 2 aromatic carbocycles. The van der Waals surface area contributed by atoms with Crippen molar-refractivity contribution in [3.05, 3.63) is 58.2 Å². The van der Waals surface area contributed by atoms with E-state index < -0.39 is 28.8 Å². The predicted octanol–water partition coefficient (Wildman–Crippen LogP) is 5.35. The monoisotopic (exact) mass is 522 g/mol. The van der Waals surface area contributed by atoms with Crippen molar-refractivity contribution < 1.29 is 28.6 Å². The molecule has 35 heavy (non-hydrogen) atoms. The van der Waals surface area contributed by atoms with Crippen LogP contribution in [0.5, 0.6) is 0 Å². The van der Waals surface area contributed by atoms with Crippen molar-refractivity contribution in [2.75, 3.05) is 13.1 Å².